The van der Waals surface area contributed by atoms with E-state index in [1.54, 1.807) is 45.2 Å². The molecule has 1 aromatic carbocycles. The Hall–Kier alpha value is -1.88. The maximum atomic E-state index is 12.0. The van der Waals surface area contributed by atoms with E-state index in [0.29, 0.717) is 11.3 Å². The molecule has 0 atom stereocenters. The quantitative estimate of drug-likeness (QED) is 0.743. The summed E-state index contributed by atoms with van der Waals surface area (Å²) in [5, 5.41) is 5.27. The van der Waals surface area contributed by atoms with Crippen LogP contribution in [0.3, 0.4) is 0 Å². The van der Waals surface area contributed by atoms with Crippen molar-refractivity contribution in [1.82, 2.24) is 5.32 Å². The highest BCUT2D eigenvalue weighted by Gasteiger charge is 2.26. The summed E-state index contributed by atoms with van der Waals surface area (Å²) >= 11 is 0. The van der Waals surface area contributed by atoms with Gasteiger partial charge in [-0.25, -0.2) is 0 Å². The number of nitrogens with one attached hydrogen (secondary N) is 2. The molecule has 0 aliphatic rings. The van der Waals surface area contributed by atoms with Crippen molar-refractivity contribution in [2.45, 2.75) is 13.8 Å². The minimum atomic E-state index is -0.671. The molecule has 0 fully saturated rings. The molecule has 1 aromatic rings. The van der Waals surface area contributed by atoms with Crippen molar-refractivity contribution in [2.75, 3.05) is 18.9 Å². The fourth-order valence-electron chi connectivity index (χ4n) is 1.31. The Balaban J connectivity index is 2.98. The second-order valence-corrected chi connectivity index (χ2v) is 4.67. The highest BCUT2D eigenvalue weighted by atomic mass is 16.2. The van der Waals surface area contributed by atoms with Crippen molar-refractivity contribution in [3.05, 3.63) is 29.8 Å². The molecule has 2 amide bonds. The summed E-state index contributed by atoms with van der Waals surface area (Å²) in [6.45, 7) is 3.75. The van der Waals surface area contributed by atoms with Crippen LogP contribution in [0.25, 0.3) is 0 Å². The Kier molecular flexibility index (Phi) is 4.44. The van der Waals surface area contributed by atoms with Crippen LogP contribution in [0.2, 0.25) is 0 Å². The molecule has 0 saturated carbocycles. The Morgan fingerprint density at radius 3 is 2.44 bits per heavy atom. The number of para-hydroxylation sites is 1. The van der Waals surface area contributed by atoms with E-state index >= 15 is 0 Å². The van der Waals surface area contributed by atoms with E-state index in [1.807, 2.05) is 0 Å². The summed E-state index contributed by atoms with van der Waals surface area (Å²) < 4.78 is 0. The lowest BCUT2D eigenvalue weighted by Crippen LogP contribution is -2.37. The number of nitrogens with two attached hydrogens (primary N) is 1. The first-order valence-corrected chi connectivity index (χ1v) is 5.75. The summed E-state index contributed by atoms with van der Waals surface area (Å²) in [7, 11) is 1.55. The molecular formula is C13H19N3O2. The third kappa shape index (κ3) is 3.07. The average Bonchev–Trinajstić information content (AvgIpc) is 2.38. The monoisotopic (exact) mass is 249 g/mol. The SMILES string of the molecule is CNC(=O)c1ccccc1NC(=O)C(C)(C)CN. The van der Waals surface area contributed by atoms with Crippen LogP contribution >= 0.6 is 0 Å². The van der Waals surface area contributed by atoms with Crippen LogP contribution in [0, 0.1) is 5.41 Å². The fourth-order valence-corrected chi connectivity index (χ4v) is 1.31. The van der Waals surface area contributed by atoms with E-state index in [-0.39, 0.29) is 18.4 Å². The van der Waals surface area contributed by atoms with Crippen molar-refractivity contribution >= 4 is 17.5 Å². The molecule has 0 radical (unpaired) electrons. The highest BCUT2D eigenvalue weighted by Crippen LogP contribution is 2.20. The van der Waals surface area contributed by atoms with Gasteiger partial charge in [0.05, 0.1) is 16.7 Å². The minimum Gasteiger partial charge on any atom is -0.355 e. The van der Waals surface area contributed by atoms with Crippen molar-refractivity contribution in [1.29, 1.82) is 0 Å². The predicted octanol–water partition coefficient (Wildman–Crippen LogP) is 0.970. The van der Waals surface area contributed by atoms with Gasteiger partial charge in [0.15, 0.2) is 0 Å². The van der Waals surface area contributed by atoms with Gasteiger partial charge in [0.2, 0.25) is 5.91 Å². The number of anilines is 1. The van der Waals surface area contributed by atoms with E-state index in [4.69, 9.17) is 5.73 Å². The zero-order valence-corrected chi connectivity index (χ0v) is 10.9. The Morgan fingerprint density at radius 2 is 1.89 bits per heavy atom. The molecule has 5 heteroatoms. The maximum Gasteiger partial charge on any atom is 0.253 e. The molecule has 0 aromatic heterocycles. The minimum absolute atomic E-state index is 0.207. The first kappa shape index (κ1) is 14.2. The number of carbonyl (C=O) groups excluding carboxylic acids is 2. The smallest absolute Gasteiger partial charge is 0.253 e. The van der Waals surface area contributed by atoms with Crippen LogP contribution < -0.4 is 16.4 Å². The number of amides is 2. The molecule has 0 heterocycles. The van der Waals surface area contributed by atoms with Crippen LogP contribution in [-0.4, -0.2) is 25.4 Å². The average molecular weight is 249 g/mol. The first-order valence-electron chi connectivity index (χ1n) is 5.75. The Bertz CT molecular complexity index is 455. The van der Waals surface area contributed by atoms with Gasteiger partial charge >= 0.3 is 0 Å². The van der Waals surface area contributed by atoms with Gasteiger partial charge in [-0.05, 0) is 26.0 Å². The lowest BCUT2D eigenvalue weighted by Gasteiger charge is -2.22. The second kappa shape index (κ2) is 5.64. The summed E-state index contributed by atoms with van der Waals surface area (Å²) in [4.78, 5) is 23.7. The van der Waals surface area contributed by atoms with Crippen LogP contribution in [0.1, 0.15) is 24.2 Å². The number of rotatable bonds is 4. The predicted molar refractivity (Wildman–Crippen MR) is 71.3 cm³/mol. The molecule has 4 N–H and O–H groups in total. The molecule has 1 rings (SSSR count). The molecule has 0 bridgehead atoms. The lowest BCUT2D eigenvalue weighted by atomic mass is 9.92. The van der Waals surface area contributed by atoms with Gasteiger partial charge in [-0.15, -0.1) is 0 Å². The molecule has 0 aliphatic heterocycles. The van der Waals surface area contributed by atoms with Crippen molar-refractivity contribution in [3.63, 3.8) is 0 Å². The Morgan fingerprint density at radius 1 is 1.28 bits per heavy atom. The van der Waals surface area contributed by atoms with Crippen molar-refractivity contribution < 1.29 is 9.59 Å². The van der Waals surface area contributed by atoms with E-state index < -0.39 is 5.41 Å². The van der Waals surface area contributed by atoms with E-state index in [0.717, 1.165) is 0 Å². The molecule has 0 unspecified atom stereocenters. The molecule has 18 heavy (non-hydrogen) atoms. The second-order valence-electron chi connectivity index (χ2n) is 4.67. The number of hydrogen-bond donors (Lipinski definition) is 3. The number of benzene rings is 1. The summed E-state index contributed by atoms with van der Waals surface area (Å²) in [5.74, 6) is -0.446. The molecule has 0 spiro atoms. The maximum absolute atomic E-state index is 12.0. The van der Waals surface area contributed by atoms with Gasteiger partial charge in [0.1, 0.15) is 0 Å². The standard InChI is InChI=1S/C13H19N3O2/c1-13(2,8-14)12(18)16-10-7-5-4-6-9(10)11(17)15-3/h4-7H,8,14H2,1-3H3,(H,15,17)(H,16,18). The van der Waals surface area contributed by atoms with Gasteiger partial charge in [0.25, 0.3) is 5.91 Å². The number of carbonyl (C=O) groups is 2. The van der Waals surface area contributed by atoms with Gasteiger partial charge in [-0.1, -0.05) is 12.1 Å². The molecule has 98 valence electrons. The fraction of sp³-hybridized carbons (Fsp3) is 0.385. The number of hydrogen-bond acceptors (Lipinski definition) is 3. The zero-order chi connectivity index (χ0) is 13.8. The van der Waals surface area contributed by atoms with Crippen LogP contribution in [0.5, 0.6) is 0 Å². The topological polar surface area (TPSA) is 84.2 Å². The van der Waals surface area contributed by atoms with Gasteiger partial charge in [-0.2, -0.15) is 0 Å². The summed E-state index contributed by atoms with van der Waals surface area (Å²) in [5.41, 5.74) is 5.79. The van der Waals surface area contributed by atoms with Crippen LogP contribution in [0.15, 0.2) is 24.3 Å². The van der Waals surface area contributed by atoms with E-state index in [9.17, 15) is 9.59 Å². The van der Waals surface area contributed by atoms with Gasteiger partial charge < -0.3 is 16.4 Å². The first-order chi connectivity index (χ1) is 8.42. The molecular weight excluding hydrogens is 230 g/mol. The summed E-state index contributed by atoms with van der Waals surface area (Å²) in [6.07, 6.45) is 0. The Labute approximate surface area is 107 Å². The zero-order valence-electron chi connectivity index (χ0n) is 10.9. The lowest BCUT2D eigenvalue weighted by molar-refractivity contribution is -0.123. The molecule has 0 aliphatic carbocycles. The third-order valence-corrected chi connectivity index (χ3v) is 2.77. The molecule has 0 saturated heterocycles. The van der Waals surface area contributed by atoms with E-state index in [2.05, 4.69) is 10.6 Å². The van der Waals surface area contributed by atoms with Gasteiger partial charge in [0, 0.05) is 13.6 Å². The normalized spacial score (nSPS) is 10.9. The van der Waals surface area contributed by atoms with Crippen LogP contribution in [-0.2, 0) is 4.79 Å². The van der Waals surface area contributed by atoms with E-state index in [1.165, 1.54) is 0 Å². The van der Waals surface area contributed by atoms with Crippen LogP contribution in [0.4, 0.5) is 5.69 Å². The van der Waals surface area contributed by atoms with Crippen molar-refractivity contribution in [2.24, 2.45) is 11.1 Å². The highest BCUT2D eigenvalue weighted by molar-refractivity contribution is 6.04. The largest absolute Gasteiger partial charge is 0.355 e. The van der Waals surface area contributed by atoms with Crippen molar-refractivity contribution in [3.8, 4) is 0 Å². The third-order valence-electron chi connectivity index (χ3n) is 2.77. The van der Waals surface area contributed by atoms with Gasteiger partial charge in [-0.3, -0.25) is 9.59 Å². The summed E-state index contributed by atoms with van der Waals surface area (Å²) in [6, 6.07) is 6.85. The molecule has 5 nitrogen and oxygen atoms in total.